The van der Waals surface area contributed by atoms with E-state index < -0.39 is 11.7 Å². The van der Waals surface area contributed by atoms with Crippen molar-refractivity contribution < 1.29 is 14.3 Å². The van der Waals surface area contributed by atoms with Gasteiger partial charge in [0.05, 0.1) is 18.8 Å². The predicted molar refractivity (Wildman–Crippen MR) is 67.9 cm³/mol. The molecule has 0 aromatic rings. The van der Waals surface area contributed by atoms with Gasteiger partial charge in [0.1, 0.15) is 5.60 Å². The number of hydrogen-bond acceptors (Lipinski definition) is 4. The molecule has 0 radical (unpaired) electrons. The van der Waals surface area contributed by atoms with E-state index in [1.54, 1.807) is 0 Å². The molecule has 0 aliphatic heterocycles. The minimum atomic E-state index is -0.475. The molecule has 1 amide bonds. The highest BCUT2D eigenvalue weighted by molar-refractivity contribution is 5.68. The van der Waals surface area contributed by atoms with Gasteiger partial charge in [-0.1, -0.05) is 0 Å². The Kier molecular flexibility index (Phi) is 7.15. The van der Waals surface area contributed by atoms with Crippen molar-refractivity contribution >= 4 is 6.09 Å². The summed E-state index contributed by atoms with van der Waals surface area (Å²) in [6.45, 7) is 10.4. The molecule has 0 saturated heterocycles. The average molecular weight is 246 g/mol. The molecule has 0 saturated carbocycles. The van der Waals surface area contributed by atoms with E-state index in [1.807, 2.05) is 34.6 Å². The Bertz CT molecular complexity index is 226. The van der Waals surface area contributed by atoms with Crippen LogP contribution in [0.25, 0.3) is 0 Å². The molecule has 17 heavy (non-hydrogen) atoms. The fourth-order valence-corrected chi connectivity index (χ4v) is 1.18. The zero-order chi connectivity index (χ0) is 13.5. The van der Waals surface area contributed by atoms with Gasteiger partial charge in [0.25, 0.3) is 0 Å². The molecule has 0 fully saturated rings. The number of alkyl carbamates (subject to hydrolysis) is 1. The van der Waals surface area contributed by atoms with E-state index >= 15 is 0 Å². The highest BCUT2D eigenvalue weighted by Gasteiger charge is 2.17. The molecular weight excluding hydrogens is 220 g/mol. The number of amides is 1. The molecule has 0 rings (SSSR count). The van der Waals surface area contributed by atoms with Crippen LogP contribution in [0.2, 0.25) is 0 Å². The van der Waals surface area contributed by atoms with Crippen LogP contribution in [0, 0.1) is 0 Å². The molecule has 2 atom stereocenters. The summed E-state index contributed by atoms with van der Waals surface area (Å²) >= 11 is 0. The number of hydrogen-bond donors (Lipinski definition) is 2. The highest BCUT2D eigenvalue weighted by atomic mass is 16.6. The van der Waals surface area contributed by atoms with Crippen molar-refractivity contribution in [1.29, 1.82) is 0 Å². The lowest BCUT2D eigenvalue weighted by Gasteiger charge is -2.22. The summed E-state index contributed by atoms with van der Waals surface area (Å²) in [4.78, 5) is 11.4. The molecule has 102 valence electrons. The first-order valence-corrected chi connectivity index (χ1v) is 6.05. The second kappa shape index (κ2) is 7.50. The fourth-order valence-electron chi connectivity index (χ4n) is 1.18. The number of carbonyl (C=O) groups excluding carboxylic acids is 1. The normalized spacial score (nSPS) is 15.2. The zero-order valence-electron chi connectivity index (χ0n) is 11.6. The molecule has 5 nitrogen and oxygen atoms in total. The van der Waals surface area contributed by atoms with E-state index in [4.69, 9.17) is 15.2 Å². The van der Waals surface area contributed by atoms with Crippen LogP contribution in [0.5, 0.6) is 0 Å². The van der Waals surface area contributed by atoms with Crippen LogP contribution in [-0.2, 0) is 9.47 Å². The second-order valence-corrected chi connectivity index (χ2v) is 5.27. The maximum Gasteiger partial charge on any atom is 0.407 e. The van der Waals surface area contributed by atoms with Gasteiger partial charge in [-0.25, -0.2) is 4.79 Å². The molecule has 0 heterocycles. The largest absolute Gasteiger partial charge is 0.444 e. The van der Waals surface area contributed by atoms with Gasteiger partial charge in [-0.15, -0.1) is 0 Å². The van der Waals surface area contributed by atoms with Gasteiger partial charge in [-0.05, 0) is 47.6 Å². The van der Waals surface area contributed by atoms with E-state index in [1.165, 1.54) is 0 Å². The van der Waals surface area contributed by atoms with Crippen LogP contribution >= 0.6 is 0 Å². The van der Waals surface area contributed by atoms with Crippen LogP contribution in [0.3, 0.4) is 0 Å². The molecule has 0 spiro atoms. The van der Waals surface area contributed by atoms with Gasteiger partial charge in [0.2, 0.25) is 0 Å². The van der Waals surface area contributed by atoms with Crippen LogP contribution in [-0.4, -0.2) is 37.0 Å². The van der Waals surface area contributed by atoms with Crippen LogP contribution in [0.1, 0.15) is 41.0 Å². The minimum absolute atomic E-state index is 0.0786. The summed E-state index contributed by atoms with van der Waals surface area (Å²) in [5, 5.41) is 2.72. The number of rotatable bonds is 6. The molecule has 0 aromatic heterocycles. The summed E-state index contributed by atoms with van der Waals surface area (Å²) in [6, 6.07) is -0.0786. The second-order valence-electron chi connectivity index (χ2n) is 5.27. The smallest absolute Gasteiger partial charge is 0.407 e. The van der Waals surface area contributed by atoms with Gasteiger partial charge >= 0.3 is 6.09 Å². The topological polar surface area (TPSA) is 73.6 Å². The van der Waals surface area contributed by atoms with Crippen LogP contribution in [0.4, 0.5) is 4.79 Å². The maximum absolute atomic E-state index is 11.4. The first-order valence-electron chi connectivity index (χ1n) is 6.05. The molecular formula is C12H26N2O3. The quantitative estimate of drug-likeness (QED) is 0.747. The minimum Gasteiger partial charge on any atom is -0.444 e. The third kappa shape index (κ3) is 10.1. The van der Waals surface area contributed by atoms with Gasteiger partial charge in [0, 0.05) is 0 Å². The Morgan fingerprint density at radius 3 is 2.41 bits per heavy atom. The molecule has 0 aliphatic carbocycles. The predicted octanol–water partition coefficient (Wildman–Crippen LogP) is 1.65. The molecule has 5 heteroatoms. The Balaban J connectivity index is 3.78. The fraction of sp³-hybridized carbons (Fsp3) is 0.917. The summed E-state index contributed by atoms with van der Waals surface area (Å²) in [7, 11) is 0. The first kappa shape index (κ1) is 16.2. The standard InChI is InChI=1S/C12H26N2O3/c1-9(8-16-10(2)6-7-13)14-11(15)17-12(3,4)5/h9-10H,6-8,13H2,1-5H3,(H,14,15). The lowest BCUT2D eigenvalue weighted by molar-refractivity contribution is 0.0318. The van der Waals surface area contributed by atoms with Crippen molar-refractivity contribution in [3.05, 3.63) is 0 Å². The van der Waals surface area contributed by atoms with Crippen LogP contribution in [0.15, 0.2) is 0 Å². The summed E-state index contributed by atoms with van der Waals surface area (Å²) in [5.41, 5.74) is 4.94. The number of ether oxygens (including phenoxy) is 2. The van der Waals surface area contributed by atoms with Crippen molar-refractivity contribution in [2.24, 2.45) is 5.73 Å². The van der Waals surface area contributed by atoms with Crippen molar-refractivity contribution in [1.82, 2.24) is 5.32 Å². The van der Waals surface area contributed by atoms with Crippen molar-refractivity contribution in [3.8, 4) is 0 Å². The number of carbonyl (C=O) groups is 1. The van der Waals surface area contributed by atoms with E-state index in [9.17, 15) is 4.79 Å². The summed E-state index contributed by atoms with van der Waals surface area (Å²) < 4.78 is 10.7. The van der Waals surface area contributed by atoms with E-state index in [0.717, 1.165) is 6.42 Å². The maximum atomic E-state index is 11.4. The van der Waals surface area contributed by atoms with E-state index in [2.05, 4.69) is 5.32 Å². The molecule has 0 bridgehead atoms. The van der Waals surface area contributed by atoms with Crippen molar-refractivity contribution in [2.75, 3.05) is 13.2 Å². The van der Waals surface area contributed by atoms with Gasteiger partial charge in [-0.3, -0.25) is 0 Å². The monoisotopic (exact) mass is 246 g/mol. The molecule has 2 unspecified atom stereocenters. The molecule has 3 N–H and O–H groups in total. The third-order valence-corrected chi connectivity index (χ3v) is 1.97. The molecule has 0 aromatic carbocycles. The van der Waals surface area contributed by atoms with Gasteiger partial charge in [0.15, 0.2) is 0 Å². The zero-order valence-corrected chi connectivity index (χ0v) is 11.6. The average Bonchev–Trinajstić information content (AvgIpc) is 2.12. The third-order valence-electron chi connectivity index (χ3n) is 1.97. The van der Waals surface area contributed by atoms with E-state index in [0.29, 0.717) is 13.2 Å². The van der Waals surface area contributed by atoms with Gasteiger partial charge < -0.3 is 20.5 Å². The van der Waals surface area contributed by atoms with Crippen LogP contribution < -0.4 is 11.1 Å². The Morgan fingerprint density at radius 1 is 1.35 bits per heavy atom. The summed E-state index contributed by atoms with van der Waals surface area (Å²) in [6.07, 6.45) is 0.516. The molecule has 0 aliphatic rings. The highest BCUT2D eigenvalue weighted by Crippen LogP contribution is 2.06. The number of nitrogens with one attached hydrogen (secondary N) is 1. The summed E-state index contributed by atoms with van der Waals surface area (Å²) in [5.74, 6) is 0. The Labute approximate surface area is 104 Å². The SMILES string of the molecule is CC(COC(C)CCN)NC(=O)OC(C)(C)C. The Hall–Kier alpha value is -0.810. The van der Waals surface area contributed by atoms with Crippen molar-refractivity contribution in [2.45, 2.75) is 58.8 Å². The first-order chi connectivity index (χ1) is 7.74. The van der Waals surface area contributed by atoms with Gasteiger partial charge in [-0.2, -0.15) is 0 Å². The van der Waals surface area contributed by atoms with E-state index in [-0.39, 0.29) is 12.1 Å². The Morgan fingerprint density at radius 2 is 1.94 bits per heavy atom. The lowest BCUT2D eigenvalue weighted by atomic mass is 10.2. The lowest BCUT2D eigenvalue weighted by Crippen LogP contribution is -2.40. The van der Waals surface area contributed by atoms with Crippen molar-refractivity contribution in [3.63, 3.8) is 0 Å². The number of nitrogens with two attached hydrogens (primary N) is 1.